The van der Waals surface area contributed by atoms with Gasteiger partial charge in [0.25, 0.3) is 0 Å². The molecule has 1 N–H and O–H groups in total. The Hall–Kier alpha value is -7.70. The molecule has 0 fully saturated rings. The molecule has 0 saturated heterocycles. The second-order valence-corrected chi connectivity index (χ2v) is 14.6. The number of fused-ring (bicyclic) bond motifs is 10. The van der Waals surface area contributed by atoms with Crippen LogP contribution in [0, 0.1) is 0 Å². The fraction of sp³-hybridized carbons (Fsp3) is 0.0196. The molecule has 1 aliphatic rings. The number of para-hydroxylation sites is 3. The molecule has 57 heavy (non-hydrogen) atoms. The van der Waals surface area contributed by atoms with Gasteiger partial charge in [-0.05, 0) is 66.2 Å². The normalized spacial score (nSPS) is 14.5. The summed E-state index contributed by atoms with van der Waals surface area (Å²) in [6, 6.07) is 66.1. The Morgan fingerprint density at radius 2 is 1.12 bits per heavy atom. The van der Waals surface area contributed by atoms with Crippen LogP contribution in [0.4, 0.5) is 0 Å². The largest absolute Gasteiger partial charge is 0.455 e. The molecule has 0 bridgehead atoms. The van der Waals surface area contributed by atoms with Crippen molar-refractivity contribution in [3.63, 3.8) is 0 Å². The van der Waals surface area contributed by atoms with Gasteiger partial charge >= 0.3 is 0 Å². The summed E-state index contributed by atoms with van der Waals surface area (Å²) in [7, 11) is 0. The molecule has 12 rings (SSSR count). The summed E-state index contributed by atoms with van der Waals surface area (Å²) in [4.78, 5) is 10.2. The smallest absolute Gasteiger partial charge is 0.159 e. The highest BCUT2D eigenvalue weighted by Gasteiger charge is 2.24. The summed E-state index contributed by atoms with van der Waals surface area (Å²) in [5.41, 5.74) is 11.4. The first-order valence-electron chi connectivity index (χ1n) is 19.3. The molecule has 3 aromatic heterocycles. The lowest BCUT2D eigenvalue weighted by Gasteiger charge is -2.24. The third-order valence-corrected chi connectivity index (χ3v) is 11.3. The van der Waals surface area contributed by atoms with Crippen molar-refractivity contribution >= 4 is 77.2 Å². The summed E-state index contributed by atoms with van der Waals surface area (Å²) in [6.07, 6.45) is -0.365. The number of aliphatic imine (C=N–C) groups is 2. The highest BCUT2D eigenvalue weighted by atomic mass is 16.3. The van der Waals surface area contributed by atoms with Gasteiger partial charge in [-0.3, -0.25) is 0 Å². The van der Waals surface area contributed by atoms with Gasteiger partial charge in [-0.15, -0.1) is 0 Å². The number of amidine groups is 2. The van der Waals surface area contributed by atoms with E-state index in [0.29, 0.717) is 5.84 Å². The number of furan rings is 1. The van der Waals surface area contributed by atoms with E-state index in [-0.39, 0.29) is 6.17 Å². The zero-order valence-electron chi connectivity index (χ0n) is 30.7. The zero-order chi connectivity index (χ0) is 37.5. The maximum Gasteiger partial charge on any atom is 0.159 e. The SMILES string of the molecule is c1ccc(C2=NC(c3cccc(-n4c5cc6c(cc5c5c7oc8ccccc8c7ccc54)c4ccccc4n6-c4ccccc4)c3)NC(c3ccccc3)=N2)cc1. The minimum Gasteiger partial charge on any atom is -0.455 e. The van der Waals surface area contributed by atoms with Gasteiger partial charge in [0.2, 0.25) is 0 Å². The first kappa shape index (κ1) is 31.6. The Labute approximate surface area is 327 Å². The van der Waals surface area contributed by atoms with Crippen LogP contribution in [-0.4, -0.2) is 20.8 Å². The van der Waals surface area contributed by atoms with Crippen molar-refractivity contribution in [2.75, 3.05) is 0 Å². The van der Waals surface area contributed by atoms with Crippen molar-refractivity contribution in [3.05, 3.63) is 205 Å². The second-order valence-electron chi connectivity index (χ2n) is 14.6. The molecule has 4 heterocycles. The molecule has 0 amide bonds. The summed E-state index contributed by atoms with van der Waals surface area (Å²) in [5.74, 6) is 1.49. The maximum atomic E-state index is 6.76. The molecular formula is C51H33N5O. The van der Waals surface area contributed by atoms with Crippen molar-refractivity contribution in [1.29, 1.82) is 0 Å². The minimum absolute atomic E-state index is 0.365. The Bertz CT molecular complexity index is 3430. The van der Waals surface area contributed by atoms with Crippen molar-refractivity contribution < 1.29 is 4.42 Å². The fourth-order valence-electron chi connectivity index (χ4n) is 8.79. The molecule has 1 aliphatic heterocycles. The van der Waals surface area contributed by atoms with Crippen LogP contribution in [0.3, 0.4) is 0 Å². The van der Waals surface area contributed by atoms with Crippen molar-refractivity contribution in [2.24, 2.45) is 9.98 Å². The van der Waals surface area contributed by atoms with E-state index >= 15 is 0 Å². The van der Waals surface area contributed by atoms with Crippen LogP contribution in [-0.2, 0) is 0 Å². The third-order valence-electron chi connectivity index (χ3n) is 11.3. The van der Waals surface area contributed by atoms with E-state index < -0.39 is 0 Å². The van der Waals surface area contributed by atoms with Gasteiger partial charge < -0.3 is 18.9 Å². The summed E-state index contributed by atoms with van der Waals surface area (Å²) < 4.78 is 11.5. The Morgan fingerprint density at radius 3 is 1.95 bits per heavy atom. The fourth-order valence-corrected chi connectivity index (χ4v) is 8.79. The number of nitrogens with one attached hydrogen (secondary N) is 1. The molecule has 8 aromatic carbocycles. The molecule has 0 aliphatic carbocycles. The molecule has 6 nitrogen and oxygen atoms in total. The standard InChI is InChI=1S/C51H33N5O/c1-4-15-32(16-5-1)49-52-50(33-17-6-2-7-18-33)54-51(53-49)34-19-14-22-36(29-34)56-43-28-27-39-38-24-11-13-26-46(38)57-48(39)47(43)41-30-40-37-23-10-12-25-42(37)55(44(40)31-45(41)56)35-20-8-3-9-21-35/h1-31,51H,(H,52,53,54). The lowest BCUT2D eigenvalue weighted by molar-refractivity contribution is 0.672. The van der Waals surface area contributed by atoms with Crippen molar-refractivity contribution in [2.45, 2.75) is 6.17 Å². The topological polar surface area (TPSA) is 59.8 Å². The number of benzene rings is 8. The molecule has 0 saturated carbocycles. The number of hydrogen-bond donors (Lipinski definition) is 1. The van der Waals surface area contributed by atoms with E-state index in [9.17, 15) is 0 Å². The van der Waals surface area contributed by atoms with Crippen LogP contribution in [0.25, 0.3) is 76.9 Å². The highest BCUT2D eigenvalue weighted by Crippen LogP contribution is 2.44. The third kappa shape index (κ3) is 4.90. The molecule has 0 spiro atoms. The Balaban J connectivity index is 1.13. The van der Waals surface area contributed by atoms with E-state index in [0.717, 1.165) is 83.2 Å². The van der Waals surface area contributed by atoms with Gasteiger partial charge in [-0.1, -0.05) is 127 Å². The number of rotatable bonds is 5. The van der Waals surface area contributed by atoms with Crippen LogP contribution in [0.15, 0.2) is 202 Å². The van der Waals surface area contributed by atoms with Gasteiger partial charge in [0.15, 0.2) is 5.84 Å². The maximum absolute atomic E-state index is 6.76. The Morgan fingerprint density at radius 1 is 0.456 bits per heavy atom. The molecule has 1 unspecified atom stereocenters. The predicted molar refractivity (Wildman–Crippen MR) is 234 cm³/mol. The van der Waals surface area contributed by atoms with Gasteiger partial charge in [0.1, 0.15) is 23.2 Å². The minimum atomic E-state index is -0.365. The average molecular weight is 732 g/mol. The zero-order valence-corrected chi connectivity index (χ0v) is 30.7. The van der Waals surface area contributed by atoms with E-state index in [1.807, 2.05) is 42.5 Å². The molecule has 268 valence electrons. The van der Waals surface area contributed by atoms with Crippen LogP contribution < -0.4 is 5.32 Å². The van der Waals surface area contributed by atoms with Gasteiger partial charge in [0, 0.05) is 49.4 Å². The van der Waals surface area contributed by atoms with Gasteiger partial charge in [0.05, 0.1) is 27.5 Å². The molecule has 6 heteroatoms. The van der Waals surface area contributed by atoms with Crippen molar-refractivity contribution in [1.82, 2.24) is 14.5 Å². The summed E-state index contributed by atoms with van der Waals surface area (Å²) in [6.45, 7) is 0. The van der Waals surface area contributed by atoms with E-state index in [1.165, 1.54) is 16.3 Å². The Kier molecular flexibility index (Phi) is 6.89. The summed E-state index contributed by atoms with van der Waals surface area (Å²) in [5, 5.41) is 10.5. The van der Waals surface area contributed by atoms with Crippen LogP contribution in [0.2, 0.25) is 0 Å². The van der Waals surface area contributed by atoms with E-state index in [4.69, 9.17) is 14.4 Å². The quantitative estimate of drug-likeness (QED) is 0.192. The molecule has 11 aromatic rings. The second kappa shape index (κ2) is 12.4. The van der Waals surface area contributed by atoms with E-state index in [1.54, 1.807) is 0 Å². The number of nitrogens with zero attached hydrogens (tertiary/aromatic N) is 4. The van der Waals surface area contributed by atoms with Gasteiger partial charge in [-0.25, -0.2) is 9.98 Å². The molecule has 0 radical (unpaired) electrons. The monoisotopic (exact) mass is 731 g/mol. The van der Waals surface area contributed by atoms with Crippen LogP contribution in [0.5, 0.6) is 0 Å². The van der Waals surface area contributed by atoms with Gasteiger partial charge in [-0.2, -0.15) is 0 Å². The number of aromatic nitrogens is 2. The van der Waals surface area contributed by atoms with Crippen LogP contribution in [0.1, 0.15) is 22.9 Å². The lowest BCUT2D eigenvalue weighted by Crippen LogP contribution is -2.33. The molecule has 1 atom stereocenters. The number of hydrogen-bond acceptors (Lipinski definition) is 4. The first-order chi connectivity index (χ1) is 28.3. The summed E-state index contributed by atoms with van der Waals surface area (Å²) >= 11 is 0. The predicted octanol–water partition coefficient (Wildman–Crippen LogP) is 12.3. The lowest BCUT2D eigenvalue weighted by atomic mass is 10.1. The average Bonchev–Trinajstić information content (AvgIpc) is 3.93. The van der Waals surface area contributed by atoms with Crippen molar-refractivity contribution in [3.8, 4) is 11.4 Å². The van der Waals surface area contributed by atoms with Crippen LogP contribution >= 0.6 is 0 Å². The van der Waals surface area contributed by atoms with E-state index in [2.05, 4.69) is 160 Å². The first-order valence-corrected chi connectivity index (χ1v) is 19.3. The molecular weight excluding hydrogens is 699 g/mol. The highest BCUT2D eigenvalue weighted by molar-refractivity contribution is 6.27.